The molecule has 0 spiro atoms. The van der Waals surface area contributed by atoms with Gasteiger partial charge in [-0.15, -0.1) is 0 Å². The normalized spacial score (nSPS) is 29.9. The lowest BCUT2D eigenvalue weighted by Gasteiger charge is -2.48. The minimum Gasteiger partial charge on any atom is -0.443 e. The van der Waals surface area contributed by atoms with Crippen molar-refractivity contribution in [3.8, 4) is 18.2 Å². The number of nitriles is 3. The fourth-order valence-electron chi connectivity index (χ4n) is 4.70. The minimum atomic E-state index is -4.58. The lowest BCUT2D eigenvalue weighted by molar-refractivity contribution is -0.288. The molecule has 4 rings (SSSR count). The van der Waals surface area contributed by atoms with Crippen molar-refractivity contribution in [1.82, 2.24) is 0 Å². The topological polar surface area (TPSA) is 114 Å². The molecule has 2 aliphatic rings. The van der Waals surface area contributed by atoms with Gasteiger partial charge in [0.2, 0.25) is 17.1 Å². The summed E-state index contributed by atoms with van der Waals surface area (Å²) < 4.78 is 52.1. The summed E-state index contributed by atoms with van der Waals surface area (Å²) in [6, 6.07) is 16.2. The summed E-state index contributed by atoms with van der Waals surface area (Å²) in [6.07, 6.45) is -6.06. The maximum absolute atomic E-state index is 13.1. The van der Waals surface area contributed by atoms with Gasteiger partial charge in [0.15, 0.2) is 5.41 Å². The van der Waals surface area contributed by atoms with Crippen LogP contribution >= 0.6 is 15.9 Å². The van der Waals surface area contributed by atoms with E-state index in [1.54, 1.807) is 31.2 Å². The van der Waals surface area contributed by atoms with E-state index in [1.165, 1.54) is 0 Å². The summed E-state index contributed by atoms with van der Waals surface area (Å²) in [7, 11) is 0. The quantitative estimate of drug-likeness (QED) is 0.561. The van der Waals surface area contributed by atoms with E-state index in [-0.39, 0.29) is 5.56 Å². The van der Waals surface area contributed by atoms with Crippen molar-refractivity contribution in [2.75, 3.05) is 0 Å². The second-order valence-corrected chi connectivity index (χ2v) is 8.81. The zero-order valence-electron chi connectivity index (χ0n) is 16.9. The van der Waals surface area contributed by atoms with Crippen molar-refractivity contribution in [2.24, 2.45) is 16.7 Å². The van der Waals surface area contributed by atoms with Crippen molar-refractivity contribution < 1.29 is 22.6 Å². The van der Waals surface area contributed by atoms with E-state index in [4.69, 9.17) is 14.9 Å². The number of nitrogens with one attached hydrogen (secondary N) is 1. The van der Waals surface area contributed by atoms with Crippen molar-refractivity contribution in [3.63, 3.8) is 0 Å². The zero-order valence-corrected chi connectivity index (χ0v) is 18.5. The Morgan fingerprint density at radius 2 is 1.55 bits per heavy atom. The van der Waals surface area contributed by atoms with Crippen LogP contribution in [0.1, 0.15) is 29.7 Å². The third-order valence-electron chi connectivity index (χ3n) is 6.46. The molecule has 6 nitrogen and oxygen atoms in total. The van der Waals surface area contributed by atoms with Crippen LogP contribution in [0.3, 0.4) is 0 Å². The van der Waals surface area contributed by atoms with Gasteiger partial charge < -0.3 is 9.47 Å². The van der Waals surface area contributed by atoms with Crippen LogP contribution in [0.2, 0.25) is 0 Å². The predicted molar refractivity (Wildman–Crippen MR) is 111 cm³/mol. The summed E-state index contributed by atoms with van der Waals surface area (Å²) in [4.78, 5) is 0. The second-order valence-electron chi connectivity index (χ2n) is 7.90. The molecule has 166 valence electrons. The molecule has 0 radical (unpaired) electrons. The van der Waals surface area contributed by atoms with Crippen LogP contribution in [0.5, 0.6) is 0 Å². The number of rotatable bonds is 2. The molecule has 2 fully saturated rings. The first-order chi connectivity index (χ1) is 15.5. The Bertz CT molecular complexity index is 1240. The SMILES string of the molecule is CC1C2(c3ccc(Br)cc3)OC(=N)C1(C#N)C(C#N)(C#N)C(c1ccc(C(F)(F)F)cc1)O2. The van der Waals surface area contributed by atoms with Gasteiger partial charge in [0.25, 0.3) is 0 Å². The fraction of sp³-hybridized carbons (Fsp3) is 0.304. The summed E-state index contributed by atoms with van der Waals surface area (Å²) >= 11 is 3.33. The van der Waals surface area contributed by atoms with Gasteiger partial charge in [-0.05, 0) is 29.8 Å². The van der Waals surface area contributed by atoms with Gasteiger partial charge in [0, 0.05) is 10.0 Å². The second kappa shape index (κ2) is 7.31. The van der Waals surface area contributed by atoms with E-state index in [2.05, 4.69) is 15.9 Å². The molecule has 2 aromatic carbocycles. The van der Waals surface area contributed by atoms with Gasteiger partial charge in [-0.1, -0.05) is 47.1 Å². The Kier molecular flexibility index (Phi) is 5.05. The Labute approximate surface area is 195 Å². The lowest BCUT2D eigenvalue weighted by Crippen LogP contribution is -2.57. The average Bonchev–Trinajstić information content (AvgIpc) is 2.95. The van der Waals surface area contributed by atoms with E-state index in [9.17, 15) is 29.0 Å². The predicted octanol–water partition coefficient (Wildman–Crippen LogP) is 5.58. The van der Waals surface area contributed by atoms with Crippen LogP contribution in [0.15, 0.2) is 53.0 Å². The number of hydrogen-bond acceptors (Lipinski definition) is 6. The molecule has 33 heavy (non-hydrogen) atoms. The van der Waals surface area contributed by atoms with E-state index >= 15 is 0 Å². The molecule has 2 aliphatic heterocycles. The molecule has 10 heteroatoms. The molecular weight excluding hydrogens is 501 g/mol. The van der Waals surface area contributed by atoms with Crippen LogP contribution in [-0.2, 0) is 21.4 Å². The number of fused-ring (bicyclic) bond motifs is 2. The molecule has 2 bridgehead atoms. The summed E-state index contributed by atoms with van der Waals surface area (Å²) in [5.41, 5.74) is -4.69. The van der Waals surface area contributed by atoms with Gasteiger partial charge in [-0.3, -0.25) is 5.41 Å². The van der Waals surface area contributed by atoms with E-state index < -0.39 is 46.3 Å². The number of ether oxygens (including phenoxy) is 2. The monoisotopic (exact) mass is 514 g/mol. The lowest BCUT2D eigenvalue weighted by atomic mass is 9.53. The molecule has 0 amide bonds. The molecule has 2 aromatic rings. The third-order valence-corrected chi connectivity index (χ3v) is 6.98. The van der Waals surface area contributed by atoms with Gasteiger partial charge in [0.05, 0.1) is 29.7 Å². The van der Waals surface area contributed by atoms with Gasteiger partial charge in [-0.25, -0.2) is 0 Å². The molecule has 4 atom stereocenters. The van der Waals surface area contributed by atoms with Crippen molar-refractivity contribution in [1.29, 1.82) is 21.2 Å². The molecule has 0 saturated carbocycles. The highest BCUT2D eigenvalue weighted by Gasteiger charge is 2.79. The van der Waals surface area contributed by atoms with E-state index in [0.29, 0.717) is 5.56 Å². The van der Waals surface area contributed by atoms with Crippen LogP contribution < -0.4 is 0 Å². The molecule has 1 N–H and O–H groups in total. The molecule has 4 unspecified atom stereocenters. The molecule has 0 aliphatic carbocycles. The Morgan fingerprint density at radius 3 is 2.03 bits per heavy atom. The van der Waals surface area contributed by atoms with Gasteiger partial charge in [-0.2, -0.15) is 29.0 Å². The highest BCUT2D eigenvalue weighted by molar-refractivity contribution is 9.10. The highest BCUT2D eigenvalue weighted by Crippen LogP contribution is 2.69. The first-order valence-electron chi connectivity index (χ1n) is 9.65. The Morgan fingerprint density at radius 1 is 0.970 bits per heavy atom. The number of alkyl halides is 3. The maximum atomic E-state index is 13.1. The molecule has 2 heterocycles. The highest BCUT2D eigenvalue weighted by atomic mass is 79.9. The van der Waals surface area contributed by atoms with Crippen molar-refractivity contribution >= 4 is 21.8 Å². The average molecular weight is 515 g/mol. The fourth-order valence-corrected chi connectivity index (χ4v) is 4.96. The Hall–Kier alpha value is -3.39. The summed E-state index contributed by atoms with van der Waals surface area (Å²) in [6.45, 7) is 1.55. The molecule has 2 saturated heterocycles. The third kappa shape index (κ3) is 2.83. The van der Waals surface area contributed by atoms with Crippen molar-refractivity contribution in [3.05, 3.63) is 69.7 Å². The largest absolute Gasteiger partial charge is 0.443 e. The van der Waals surface area contributed by atoms with Gasteiger partial charge in [0.1, 0.15) is 6.10 Å². The summed E-state index contributed by atoms with van der Waals surface area (Å²) in [5.74, 6) is -3.27. The zero-order chi connectivity index (χ0) is 24.2. The minimum absolute atomic E-state index is 0.0809. The number of halogens is 4. The standard InChI is InChI=1S/C23H14BrF3N4O2/c1-13-21(12-30)19(31)33-22(13,15-6-8-17(24)9-7-15)32-18(20(21,10-28)11-29)14-2-4-16(5-3-14)23(25,26)27/h2-9,13,18,31H,1H3. The molecular formula is C23H14BrF3N4O2. The van der Waals surface area contributed by atoms with E-state index in [0.717, 1.165) is 28.7 Å². The first kappa shape index (κ1) is 22.8. The molecule has 0 aromatic heterocycles. The number of hydrogen-bond donors (Lipinski definition) is 1. The van der Waals surface area contributed by atoms with Crippen LogP contribution in [0.25, 0.3) is 0 Å². The smallest absolute Gasteiger partial charge is 0.416 e. The summed E-state index contributed by atoms with van der Waals surface area (Å²) in [5, 5.41) is 39.1. The van der Waals surface area contributed by atoms with Gasteiger partial charge >= 0.3 is 6.18 Å². The number of benzene rings is 2. The van der Waals surface area contributed by atoms with Crippen molar-refractivity contribution in [2.45, 2.75) is 25.0 Å². The van der Waals surface area contributed by atoms with Crippen LogP contribution in [-0.4, -0.2) is 5.90 Å². The first-order valence-corrected chi connectivity index (χ1v) is 10.4. The van der Waals surface area contributed by atoms with E-state index in [1.807, 2.05) is 18.2 Å². The van der Waals surface area contributed by atoms with Crippen LogP contribution in [0, 0.1) is 56.2 Å². The number of nitrogens with zero attached hydrogens (tertiary/aromatic N) is 3. The van der Waals surface area contributed by atoms with Crippen LogP contribution in [0.4, 0.5) is 13.2 Å². The Balaban J connectivity index is 1.98. The maximum Gasteiger partial charge on any atom is 0.416 e.